The number of rotatable bonds is 2. The van der Waals surface area contributed by atoms with Crippen molar-refractivity contribution in [2.75, 3.05) is 25.6 Å². The number of fused-ring (bicyclic) bond motifs is 1. The van der Waals surface area contributed by atoms with Crippen LogP contribution in [-0.4, -0.2) is 31.0 Å². The van der Waals surface area contributed by atoms with Gasteiger partial charge in [-0.25, -0.2) is 4.99 Å². The fourth-order valence-corrected chi connectivity index (χ4v) is 2.13. The van der Waals surface area contributed by atoms with Gasteiger partial charge in [-0.2, -0.15) is 0 Å². The van der Waals surface area contributed by atoms with E-state index in [-0.39, 0.29) is 0 Å². The third-order valence-corrected chi connectivity index (χ3v) is 3.16. The largest absolute Gasteiger partial charge is 0.343 e. The van der Waals surface area contributed by atoms with E-state index < -0.39 is 0 Å². The van der Waals surface area contributed by atoms with Crippen LogP contribution in [0.1, 0.15) is 0 Å². The maximum absolute atomic E-state index is 4.38. The Labute approximate surface area is 106 Å². The average Bonchev–Trinajstić information content (AvgIpc) is 2.82. The van der Waals surface area contributed by atoms with Gasteiger partial charge in [-0.05, 0) is 11.5 Å². The Hall–Kier alpha value is -2.23. The van der Waals surface area contributed by atoms with Gasteiger partial charge in [0.1, 0.15) is 0 Å². The molecule has 0 radical (unpaired) electrons. The topological polar surface area (TPSA) is 39.7 Å². The maximum atomic E-state index is 4.38. The minimum Gasteiger partial charge on any atom is -0.343 e. The van der Waals surface area contributed by atoms with Gasteiger partial charge in [-0.15, -0.1) is 0 Å². The van der Waals surface area contributed by atoms with Gasteiger partial charge in [-0.1, -0.05) is 36.4 Å². The molecule has 18 heavy (non-hydrogen) atoms. The van der Waals surface area contributed by atoms with E-state index in [1.54, 1.807) is 0 Å². The molecular weight excluding hydrogens is 224 g/mol. The van der Waals surface area contributed by atoms with E-state index in [4.69, 9.17) is 0 Å². The summed E-state index contributed by atoms with van der Waals surface area (Å²) in [5.41, 5.74) is 7.47. The number of hydrogen-bond donors (Lipinski definition) is 2. The number of hydrogen-bond acceptors (Lipinski definition) is 4. The van der Waals surface area contributed by atoms with Crippen LogP contribution < -0.4 is 10.9 Å². The smallest absolute Gasteiger partial charge is 0.212 e. The third kappa shape index (κ3) is 1.97. The summed E-state index contributed by atoms with van der Waals surface area (Å²) in [4.78, 5) is 6.48. The maximum Gasteiger partial charge on any atom is 0.212 e. The molecule has 0 saturated carbocycles. The van der Waals surface area contributed by atoms with Gasteiger partial charge in [0.05, 0.1) is 12.2 Å². The zero-order valence-electron chi connectivity index (χ0n) is 10.4. The van der Waals surface area contributed by atoms with Crippen LogP contribution in [0, 0.1) is 0 Å². The second kappa shape index (κ2) is 4.56. The first kappa shape index (κ1) is 10.9. The molecular formula is C14H16N4. The molecule has 0 aliphatic carbocycles. The van der Waals surface area contributed by atoms with Crippen LogP contribution in [0.5, 0.6) is 0 Å². The van der Waals surface area contributed by atoms with Crippen LogP contribution in [0.4, 0.5) is 5.69 Å². The monoisotopic (exact) mass is 240 g/mol. The molecule has 1 heterocycles. The number of hydrazine groups is 1. The molecule has 0 bridgehead atoms. The fraction of sp³-hybridized carbons (Fsp3) is 0.214. The van der Waals surface area contributed by atoms with Crippen LogP contribution in [0.25, 0.3) is 10.8 Å². The SMILES string of the molecule is CN1CCN=C1NNc1cccc2ccccc12. The third-order valence-electron chi connectivity index (χ3n) is 3.16. The first-order valence-corrected chi connectivity index (χ1v) is 6.10. The van der Waals surface area contributed by atoms with Gasteiger partial charge in [0, 0.05) is 19.0 Å². The highest BCUT2D eigenvalue weighted by atomic mass is 15.5. The summed E-state index contributed by atoms with van der Waals surface area (Å²) in [7, 11) is 2.03. The number of guanidine groups is 1. The molecule has 0 saturated heterocycles. The Kier molecular flexibility index (Phi) is 2.76. The van der Waals surface area contributed by atoms with Crippen molar-refractivity contribution in [1.29, 1.82) is 0 Å². The van der Waals surface area contributed by atoms with Gasteiger partial charge < -0.3 is 4.90 Å². The lowest BCUT2D eigenvalue weighted by molar-refractivity contribution is 0.540. The summed E-state index contributed by atoms with van der Waals surface area (Å²) in [6.07, 6.45) is 0. The molecule has 4 heteroatoms. The molecule has 0 fully saturated rings. The second-order valence-electron chi connectivity index (χ2n) is 4.40. The van der Waals surface area contributed by atoms with Crippen molar-refractivity contribution >= 4 is 22.4 Å². The molecule has 2 N–H and O–H groups in total. The van der Waals surface area contributed by atoms with Crippen LogP contribution in [0.3, 0.4) is 0 Å². The van der Waals surface area contributed by atoms with E-state index in [0.29, 0.717) is 0 Å². The summed E-state index contributed by atoms with van der Waals surface area (Å²) in [6, 6.07) is 14.5. The normalized spacial score (nSPS) is 14.7. The average molecular weight is 240 g/mol. The van der Waals surface area contributed by atoms with Crippen LogP contribution in [0.2, 0.25) is 0 Å². The minimum absolute atomic E-state index is 0.857. The van der Waals surface area contributed by atoms with Crippen molar-refractivity contribution in [2.45, 2.75) is 0 Å². The Morgan fingerprint density at radius 3 is 2.72 bits per heavy atom. The molecule has 0 unspecified atom stereocenters. The summed E-state index contributed by atoms with van der Waals surface area (Å²) in [5.74, 6) is 0.892. The van der Waals surface area contributed by atoms with Crippen LogP contribution >= 0.6 is 0 Å². The van der Waals surface area contributed by atoms with Gasteiger partial charge in [0.15, 0.2) is 0 Å². The lowest BCUT2D eigenvalue weighted by Crippen LogP contribution is -2.38. The van der Waals surface area contributed by atoms with Crippen molar-refractivity contribution in [3.63, 3.8) is 0 Å². The van der Waals surface area contributed by atoms with Crippen molar-refractivity contribution in [1.82, 2.24) is 10.3 Å². The quantitative estimate of drug-likeness (QED) is 0.789. The molecule has 3 rings (SSSR count). The van der Waals surface area contributed by atoms with Crippen molar-refractivity contribution < 1.29 is 0 Å². The molecule has 0 spiro atoms. The van der Waals surface area contributed by atoms with E-state index in [2.05, 4.69) is 45.0 Å². The molecule has 1 aliphatic rings. The molecule has 2 aromatic rings. The number of anilines is 1. The van der Waals surface area contributed by atoms with E-state index in [1.165, 1.54) is 10.8 Å². The van der Waals surface area contributed by atoms with E-state index in [9.17, 15) is 0 Å². The number of likely N-dealkylation sites (N-methyl/N-ethyl adjacent to an activating group) is 1. The minimum atomic E-state index is 0.857. The molecule has 1 aliphatic heterocycles. The first-order chi connectivity index (χ1) is 8.84. The summed E-state index contributed by atoms with van der Waals surface area (Å²) >= 11 is 0. The van der Waals surface area contributed by atoms with Crippen molar-refractivity contribution in [3.05, 3.63) is 42.5 Å². The zero-order valence-corrected chi connectivity index (χ0v) is 10.4. The molecule has 2 aromatic carbocycles. The van der Waals surface area contributed by atoms with Crippen LogP contribution in [-0.2, 0) is 0 Å². The molecule has 4 nitrogen and oxygen atoms in total. The van der Waals surface area contributed by atoms with Gasteiger partial charge in [0.2, 0.25) is 5.96 Å². The summed E-state index contributed by atoms with van der Waals surface area (Å²) < 4.78 is 0. The molecule has 0 aromatic heterocycles. The molecule has 0 amide bonds. The predicted octanol–water partition coefficient (Wildman–Crippen LogP) is 2.06. The van der Waals surface area contributed by atoms with Gasteiger partial charge in [0.25, 0.3) is 0 Å². The highest BCUT2D eigenvalue weighted by Gasteiger charge is 2.11. The second-order valence-corrected chi connectivity index (χ2v) is 4.40. The Morgan fingerprint density at radius 1 is 1.06 bits per heavy atom. The standard InChI is InChI=1S/C14H16N4/c1-18-10-9-15-14(18)17-16-13-8-4-6-11-5-2-3-7-12(11)13/h2-8,16H,9-10H2,1H3,(H,15,17). The van der Waals surface area contributed by atoms with Gasteiger partial charge in [-0.3, -0.25) is 10.9 Å². The lowest BCUT2D eigenvalue weighted by Gasteiger charge is -2.17. The summed E-state index contributed by atoms with van der Waals surface area (Å²) in [5, 5.41) is 2.43. The molecule has 92 valence electrons. The summed E-state index contributed by atoms with van der Waals surface area (Å²) in [6.45, 7) is 1.83. The Balaban J connectivity index is 1.82. The first-order valence-electron chi connectivity index (χ1n) is 6.10. The van der Waals surface area contributed by atoms with Gasteiger partial charge >= 0.3 is 0 Å². The Bertz CT molecular complexity index is 586. The van der Waals surface area contributed by atoms with Crippen molar-refractivity contribution in [2.24, 2.45) is 4.99 Å². The number of nitrogens with one attached hydrogen (secondary N) is 2. The van der Waals surface area contributed by atoms with Crippen LogP contribution in [0.15, 0.2) is 47.5 Å². The lowest BCUT2D eigenvalue weighted by atomic mass is 10.1. The highest BCUT2D eigenvalue weighted by molar-refractivity contribution is 5.94. The number of aliphatic imine (C=N–C) groups is 1. The number of nitrogens with zero attached hydrogens (tertiary/aromatic N) is 2. The van der Waals surface area contributed by atoms with E-state index >= 15 is 0 Å². The molecule has 0 atom stereocenters. The van der Waals surface area contributed by atoms with E-state index in [1.807, 2.05) is 25.2 Å². The fourth-order valence-electron chi connectivity index (χ4n) is 2.13. The zero-order chi connectivity index (χ0) is 12.4. The van der Waals surface area contributed by atoms with E-state index in [0.717, 1.165) is 24.7 Å². The Morgan fingerprint density at radius 2 is 1.89 bits per heavy atom. The number of benzene rings is 2. The predicted molar refractivity (Wildman–Crippen MR) is 75.6 cm³/mol. The highest BCUT2D eigenvalue weighted by Crippen LogP contribution is 2.22. The van der Waals surface area contributed by atoms with Crippen molar-refractivity contribution in [3.8, 4) is 0 Å².